The fraction of sp³-hybridized carbons (Fsp3) is 0.455. The van der Waals surface area contributed by atoms with Crippen molar-refractivity contribution in [3.63, 3.8) is 0 Å². The maximum Gasteiger partial charge on any atom is 0.220 e. The second-order valence-electron chi connectivity index (χ2n) is 7.08. The van der Waals surface area contributed by atoms with Crippen LogP contribution in [0.15, 0.2) is 42.7 Å². The Balaban J connectivity index is 1.53. The van der Waals surface area contributed by atoms with E-state index in [1.54, 1.807) is 20.4 Å². The molecular weight excluding hydrogens is 340 g/mol. The summed E-state index contributed by atoms with van der Waals surface area (Å²) in [5, 5.41) is 3.07. The fourth-order valence-corrected chi connectivity index (χ4v) is 3.48. The first-order valence-electron chi connectivity index (χ1n) is 9.58. The number of pyridine rings is 1. The molecule has 144 valence electrons. The summed E-state index contributed by atoms with van der Waals surface area (Å²) in [5.74, 6) is 2.38. The number of ether oxygens (including phenoxy) is 2. The summed E-state index contributed by atoms with van der Waals surface area (Å²) in [5.41, 5.74) is 2.36. The lowest BCUT2D eigenvalue weighted by atomic mass is 9.90. The molecule has 1 aliphatic rings. The van der Waals surface area contributed by atoms with Crippen molar-refractivity contribution in [3.8, 4) is 11.5 Å². The van der Waals surface area contributed by atoms with Gasteiger partial charge in [0.15, 0.2) is 11.5 Å². The van der Waals surface area contributed by atoms with Crippen molar-refractivity contribution in [3.05, 3.63) is 53.9 Å². The molecule has 5 heteroatoms. The van der Waals surface area contributed by atoms with E-state index >= 15 is 0 Å². The van der Waals surface area contributed by atoms with Crippen LogP contribution >= 0.6 is 0 Å². The minimum Gasteiger partial charge on any atom is -0.493 e. The minimum atomic E-state index is 0.118. The quantitative estimate of drug-likeness (QED) is 0.649. The summed E-state index contributed by atoms with van der Waals surface area (Å²) in [7, 11) is 3.28. The molecule has 0 radical (unpaired) electrons. The van der Waals surface area contributed by atoms with Gasteiger partial charge in [0.25, 0.3) is 0 Å². The predicted molar refractivity (Wildman–Crippen MR) is 105 cm³/mol. The second-order valence-corrected chi connectivity index (χ2v) is 7.08. The largest absolute Gasteiger partial charge is 0.493 e. The summed E-state index contributed by atoms with van der Waals surface area (Å²) in [6, 6.07) is 10.00. The van der Waals surface area contributed by atoms with Crippen LogP contribution in [0.25, 0.3) is 0 Å². The Bertz CT molecular complexity index is 744. The molecule has 2 aromatic rings. The number of hydrogen-bond acceptors (Lipinski definition) is 4. The third-order valence-corrected chi connectivity index (χ3v) is 5.12. The first kappa shape index (κ1) is 19.2. The number of benzene rings is 1. The van der Waals surface area contributed by atoms with Crippen molar-refractivity contribution in [1.82, 2.24) is 10.3 Å². The third kappa shape index (κ3) is 5.46. The molecule has 27 heavy (non-hydrogen) atoms. The van der Waals surface area contributed by atoms with Crippen LogP contribution in [0.1, 0.15) is 42.7 Å². The monoisotopic (exact) mass is 368 g/mol. The van der Waals surface area contributed by atoms with Crippen LogP contribution in [0.2, 0.25) is 0 Å². The maximum absolute atomic E-state index is 12.5. The van der Waals surface area contributed by atoms with E-state index in [0.29, 0.717) is 18.9 Å². The molecule has 1 fully saturated rings. The van der Waals surface area contributed by atoms with Crippen LogP contribution in [-0.2, 0) is 11.2 Å². The van der Waals surface area contributed by atoms with Gasteiger partial charge in [0.2, 0.25) is 5.91 Å². The van der Waals surface area contributed by atoms with Gasteiger partial charge in [-0.1, -0.05) is 12.1 Å². The fourth-order valence-electron chi connectivity index (χ4n) is 3.48. The Hall–Kier alpha value is -2.56. The topological polar surface area (TPSA) is 60.5 Å². The molecule has 1 aliphatic carbocycles. The Morgan fingerprint density at radius 2 is 2.04 bits per heavy atom. The molecule has 0 spiro atoms. The molecule has 3 rings (SSSR count). The number of amides is 1. The summed E-state index contributed by atoms with van der Waals surface area (Å²) in [6.45, 7) is 0.692. The van der Waals surface area contributed by atoms with E-state index < -0.39 is 0 Å². The number of carbonyl (C=O) groups excluding carboxylic acids is 1. The Morgan fingerprint density at radius 1 is 1.22 bits per heavy atom. The van der Waals surface area contributed by atoms with Gasteiger partial charge in [0.05, 0.1) is 14.2 Å². The summed E-state index contributed by atoms with van der Waals surface area (Å²) < 4.78 is 10.7. The van der Waals surface area contributed by atoms with Crippen LogP contribution in [0, 0.1) is 5.92 Å². The number of aromatic nitrogens is 1. The Kier molecular flexibility index (Phi) is 6.69. The van der Waals surface area contributed by atoms with E-state index in [-0.39, 0.29) is 11.8 Å². The van der Waals surface area contributed by atoms with E-state index in [1.165, 1.54) is 18.4 Å². The molecule has 1 saturated carbocycles. The average molecular weight is 368 g/mol. The van der Waals surface area contributed by atoms with Crippen molar-refractivity contribution in [2.45, 2.75) is 38.0 Å². The summed E-state index contributed by atoms with van der Waals surface area (Å²) in [4.78, 5) is 16.6. The average Bonchev–Trinajstić information content (AvgIpc) is 3.55. The van der Waals surface area contributed by atoms with E-state index in [2.05, 4.69) is 22.4 Å². The third-order valence-electron chi connectivity index (χ3n) is 5.12. The molecule has 0 saturated heterocycles. The highest BCUT2D eigenvalue weighted by Gasteiger charge is 2.34. The minimum absolute atomic E-state index is 0.118. The zero-order valence-electron chi connectivity index (χ0n) is 16.1. The highest BCUT2D eigenvalue weighted by molar-refractivity contribution is 5.77. The smallest absolute Gasteiger partial charge is 0.220 e. The van der Waals surface area contributed by atoms with Crippen molar-refractivity contribution < 1.29 is 14.3 Å². The van der Waals surface area contributed by atoms with Crippen LogP contribution in [-0.4, -0.2) is 31.7 Å². The van der Waals surface area contributed by atoms with E-state index in [1.807, 2.05) is 24.4 Å². The van der Waals surface area contributed by atoms with Gasteiger partial charge >= 0.3 is 0 Å². The number of hydrogen-bond donors (Lipinski definition) is 1. The lowest BCUT2D eigenvalue weighted by Crippen LogP contribution is -2.26. The predicted octanol–water partition coefficient (Wildman–Crippen LogP) is 3.73. The first-order valence-corrected chi connectivity index (χ1v) is 9.58. The number of nitrogens with zero attached hydrogens (tertiary/aromatic N) is 1. The van der Waals surface area contributed by atoms with Crippen molar-refractivity contribution in [2.75, 3.05) is 20.8 Å². The lowest BCUT2D eigenvalue weighted by molar-refractivity contribution is -0.121. The molecule has 0 bridgehead atoms. The van der Waals surface area contributed by atoms with Crippen LogP contribution in [0.4, 0.5) is 0 Å². The first-order chi connectivity index (χ1) is 13.2. The highest BCUT2D eigenvalue weighted by atomic mass is 16.5. The number of carbonyl (C=O) groups is 1. The molecule has 1 heterocycles. The van der Waals surface area contributed by atoms with Crippen LogP contribution in [0.3, 0.4) is 0 Å². The van der Waals surface area contributed by atoms with Gasteiger partial charge < -0.3 is 14.8 Å². The van der Waals surface area contributed by atoms with Gasteiger partial charge in [-0.05, 0) is 66.8 Å². The van der Waals surface area contributed by atoms with Gasteiger partial charge in [0.1, 0.15) is 0 Å². The van der Waals surface area contributed by atoms with Crippen molar-refractivity contribution in [1.29, 1.82) is 0 Å². The maximum atomic E-state index is 12.5. The molecule has 1 aromatic heterocycles. The molecule has 1 amide bonds. The number of rotatable bonds is 10. The van der Waals surface area contributed by atoms with Gasteiger partial charge in [0, 0.05) is 25.4 Å². The summed E-state index contributed by atoms with van der Waals surface area (Å²) in [6.07, 6.45) is 8.39. The zero-order valence-corrected chi connectivity index (χ0v) is 16.1. The van der Waals surface area contributed by atoms with E-state index in [0.717, 1.165) is 29.9 Å². The number of nitrogens with one attached hydrogen (secondary N) is 1. The molecule has 5 nitrogen and oxygen atoms in total. The normalized spacial score (nSPS) is 14.4. The van der Waals surface area contributed by atoms with Crippen LogP contribution < -0.4 is 14.8 Å². The van der Waals surface area contributed by atoms with Crippen molar-refractivity contribution in [2.24, 2.45) is 5.92 Å². The zero-order chi connectivity index (χ0) is 19.1. The molecule has 1 unspecified atom stereocenters. The molecule has 0 aliphatic heterocycles. The second kappa shape index (κ2) is 9.40. The summed E-state index contributed by atoms with van der Waals surface area (Å²) >= 11 is 0. The van der Waals surface area contributed by atoms with Crippen LogP contribution in [0.5, 0.6) is 11.5 Å². The van der Waals surface area contributed by atoms with Gasteiger partial charge in [-0.3, -0.25) is 9.78 Å². The Morgan fingerprint density at radius 3 is 2.70 bits per heavy atom. The van der Waals surface area contributed by atoms with Crippen molar-refractivity contribution >= 4 is 5.91 Å². The van der Waals surface area contributed by atoms with Gasteiger partial charge in [-0.25, -0.2) is 0 Å². The standard InChI is InChI=1S/C22H28N2O3/c1-26-20-10-9-18(13-21(20)27-2)19(17-7-8-17)14-22(25)24-12-4-6-16-5-3-11-23-15-16/h3,5,9-11,13,15,17,19H,4,6-8,12,14H2,1-2H3,(H,24,25). The lowest BCUT2D eigenvalue weighted by Gasteiger charge is -2.18. The SMILES string of the molecule is COc1ccc(C(CC(=O)NCCCc2cccnc2)C2CC2)cc1OC. The Labute approximate surface area is 161 Å². The number of methoxy groups -OCH3 is 2. The molecule has 1 N–H and O–H groups in total. The van der Waals surface area contributed by atoms with E-state index in [4.69, 9.17) is 9.47 Å². The number of aryl methyl sites for hydroxylation is 1. The van der Waals surface area contributed by atoms with Gasteiger partial charge in [-0.15, -0.1) is 0 Å². The highest BCUT2D eigenvalue weighted by Crippen LogP contribution is 2.46. The molecule has 1 atom stereocenters. The van der Waals surface area contributed by atoms with E-state index in [9.17, 15) is 4.79 Å². The molecule has 1 aromatic carbocycles. The van der Waals surface area contributed by atoms with Gasteiger partial charge in [-0.2, -0.15) is 0 Å². The molecular formula is C22H28N2O3.